The van der Waals surface area contributed by atoms with Crippen molar-refractivity contribution in [1.29, 1.82) is 0 Å². The van der Waals surface area contributed by atoms with Crippen LogP contribution in [0.15, 0.2) is 18.2 Å². The Labute approximate surface area is 97.6 Å². The molecule has 0 N–H and O–H groups in total. The zero-order valence-electron chi connectivity index (χ0n) is 7.94. The molecular formula is C10H7BrF4O. The van der Waals surface area contributed by atoms with Crippen molar-refractivity contribution in [2.75, 3.05) is 5.33 Å². The van der Waals surface area contributed by atoms with E-state index in [9.17, 15) is 22.4 Å². The van der Waals surface area contributed by atoms with Crippen molar-refractivity contribution in [2.45, 2.75) is 12.6 Å². The summed E-state index contributed by atoms with van der Waals surface area (Å²) in [5.74, 6) is -2.15. The fourth-order valence-electron chi connectivity index (χ4n) is 1.19. The highest BCUT2D eigenvalue weighted by molar-refractivity contribution is 9.09. The predicted octanol–water partition coefficient (Wildman–Crippen LogP) is 3.81. The number of benzene rings is 1. The molecule has 1 aromatic carbocycles. The Morgan fingerprint density at radius 1 is 1.31 bits per heavy atom. The first-order valence-electron chi connectivity index (χ1n) is 4.32. The summed E-state index contributed by atoms with van der Waals surface area (Å²) in [6, 6.07) is 2.68. The Kier molecular flexibility index (Phi) is 4.07. The van der Waals surface area contributed by atoms with Crippen LogP contribution < -0.4 is 0 Å². The van der Waals surface area contributed by atoms with Gasteiger partial charge in [-0.3, -0.25) is 4.79 Å². The third-order valence-electron chi connectivity index (χ3n) is 1.93. The second-order valence-corrected chi connectivity index (χ2v) is 3.82. The first kappa shape index (κ1) is 13.2. The molecule has 1 nitrogen and oxygen atoms in total. The lowest BCUT2D eigenvalue weighted by Gasteiger charge is -2.10. The van der Waals surface area contributed by atoms with Crippen LogP contribution in [0.25, 0.3) is 0 Å². The van der Waals surface area contributed by atoms with Gasteiger partial charge >= 0.3 is 6.18 Å². The zero-order valence-corrected chi connectivity index (χ0v) is 9.53. The van der Waals surface area contributed by atoms with Crippen molar-refractivity contribution in [3.63, 3.8) is 0 Å². The van der Waals surface area contributed by atoms with E-state index in [1.165, 1.54) is 0 Å². The van der Waals surface area contributed by atoms with E-state index in [0.29, 0.717) is 6.07 Å². The third kappa shape index (κ3) is 2.81. The van der Waals surface area contributed by atoms with Gasteiger partial charge in [0.2, 0.25) is 0 Å². The normalized spacial score (nSPS) is 11.6. The van der Waals surface area contributed by atoms with E-state index in [2.05, 4.69) is 15.9 Å². The van der Waals surface area contributed by atoms with Gasteiger partial charge in [-0.15, -0.1) is 0 Å². The lowest BCUT2D eigenvalue weighted by atomic mass is 10.0. The van der Waals surface area contributed by atoms with Gasteiger partial charge in [0.25, 0.3) is 0 Å². The number of carbonyl (C=O) groups is 1. The summed E-state index contributed by atoms with van der Waals surface area (Å²) in [6.45, 7) is 0. The number of carbonyl (C=O) groups excluding carboxylic acids is 1. The van der Waals surface area contributed by atoms with Gasteiger partial charge in [0.15, 0.2) is 5.78 Å². The van der Waals surface area contributed by atoms with E-state index in [0.717, 1.165) is 12.1 Å². The highest BCUT2D eigenvalue weighted by Gasteiger charge is 2.35. The number of rotatable bonds is 3. The molecular weight excluding hydrogens is 292 g/mol. The summed E-state index contributed by atoms with van der Waals surface area (Å²) in [5, 5.41) is 0.279. The van der Waals surface area contributed by atoms with Crippen molar-refractivity contribution in [2.24, 2.45) is 0 Å². The SMILES string of the molecule is O=C(CCBr)c1cccc(C(F)(F)F)c1F. The van der Waals surface area contributed by atoms with E-state index in [1.54, 1.807) is 0 Å². The molecule has 0 saturated heterocycles. The highest BCUT2D eigenvalue weighted by Crippen LogP contribution is 2.32. The average Bonchev–Trinajstić information content (AvgIpc) is 2.16. The van der Waals surface area contributed by atoms with Crippen LogP contribution in [0.2, 0.25) is 0 Å². The van der Waals surface area contributed by atoms with Crippen molar-refractivity contribution in [1.82, 2.24) is 0 Å². The first-order valence-corrected chi connectivity index (χ1v) is 5.45. The monoisotopic (exact) mass is 298 g/mol. The van der Waals surface area contributed by atoms with Crippen LogP contribution in [0.4, 0.5) is 17.6 Å². The number of ketones is 1. The molecule has 6 heteroatoms. The Bertz CT molecular complexity index is 400. The van der Waals surface area contributed by atoms with Crippen LogP contribution in [0.5, 0.6) is 0 Å². The largest absolute Gasteiger partial charge is 0.419 e. The molecule has 0 aliphatic carbocycles. The molecule has 0 aliphatic heterocycles. The van der Waals surface area contributed by atoms with E-state index < -0.39 is 28.9 Å². The Hall–Kier alpha value is -0.910. The predicted molar refractivity (Wildman–Crippen MR) is 54.1 cm³/mol. The van der Waals surface area contributed by atoms with Gasteiger partial charge in [-0.25, -0.2) is 4.39 Å². The zero-order chi connectivity index (χ0) is 12.3. The lowest BCUT2D eigenvalue weighted by molar-refractivity contribution is -0.140. The molecule has 1 rings (SSSR count). The number of Topliss-reactive ketones (excluding diaryl/α,β-unsaturated/α-hetero) is 1. The second-order valence-electron chi connectivity index (χ2n) is 3.03. The standard InChI is InChI=1S/C10H7BrF4O/c11-5-4-8(16)6-2-1-3-7(9(6)12)10(13,14)15/h1-3H,4-5H2. The molecule has 0 amide bonds. The quantitative estimate of drug-likeness (QED) is 0.471. The number of hydrogen-bond donors (Lipinski definition) is 0. The summed E-state index contributed by atoms with van der Waals surface area (Å²) < 4.78 is 50.3. The van der Waals surface area contributed by atoms with Gasteiger partial charge in [0.05, 0.1) is 11.1 Å². The number of hydrogen-bond acceptors (Lipinski definition) is 1. The fraction of sp³-hybridized carbons (Fsp3) is 0.300. The molecule has 0 saturated carbocycles. The van der Waals surface area contributed by atoms with Gasteiger partial charge in [-0.05, 0) is 12.1 Å². The van der Waals surface area contributed by atoms with E-state index in [-0.39, 0.29) is 11.8 Å². The molecule has 0 aromatic heterocycles. The highest BCUT2D eigenvalue weighted by atomic mass is 79.9. The second kappa shape index (κ2) is 4.95. The summed E-state index contributed by atoms with van der Waals surface area (Å²) in [4.78, 5) is 11.3. The van der Waals surface area contributed by atoms with Gasteiger partial charge in [-0.1, -0.05) is 22.0 Å². The first-order chi connectivity index (χ1) is 7.38. The van der Waals surface area contributed by atoms with Crippen LogP contribution in [0.1, 0.15) is 22.3 Å². The molecule has 0 atom stereocenters. The van der Waals surface area contributed by atoms with Gasteiger partial charge in [0.1, 0.15) is 5.82 Å². The number of alkyl halides is 4. The molecule has 0 heterocycles. The van der Waals surface area contributed by atoms with Crippen molar-refractivity contribution in [3.8, 4) is 0 Å². The van der Waals surface area contributed by atoms with Gasteiger partial charge < -0.3 is 0 Å². The average molecular weight is 299 g/mol. The summed E-state index contributed by atoms with van der Waals surface area (Å²) in [7, 11) is 0. The Morgan fingerprint density at radius 3 is 2.44 bits per heavy atom. The molecule has 0 fully saturated rings. The molecule has 0 spiro atoms. The van der Waals surface area contributed by atoms with Crippen LogP contribution in [-0.2, 0) is 6.18 Å². The number of halogens is 5. The minimum atomic E-state index is -4.78. The molecule has 88 valence electrons. The molecule has 0 aliphatic rings. The molecule has 0 bridgehead atoms. The van der Waals surface area contributed by atoms with Gasteiger partial charge in [0, 0.05) is 11.8 Å². The van der Waals surface area contributed by atoms with Gasteiger partial charge in [-0.2, -0.15) is 13.2 Å². The van der Waals surface area contributed by atoms with Crippen LogP contribution in [-0.4, -0.2) is 11.1 Å². The van der Waals surface area contributed by atoms with E-state index in [4.69, 9.17) is 0 Å². The summed E-state index contributed by atoms with van der Waals surface area (Å²) in [5.41, 5.74) is -1.93. The Morgan fingerprint density at radius 2 is 1.94 bits per heavy atom. The van der Waals surface area contributed by atoms with Crippen LogP contribution in [0.3, 0.4) is 0 Å². The van der Waals surface area contributed by atoms with Crippen LogP contribution >= 0.6 is 15.9 Å². The minimum absolute atomic E-state index is 0.0434. The molecule has 16 heavy (non-hydrogen) atoms. The third-order valence-corrected chi connectivity index (χ3v) is 2.32. The maximum Gasteiger partial charge on any atom is 0.419 e. The van der Waals surface area contributed by atoms with Crippen molar-refractivity contribution >= 4 is 21.7 Å². The van der Waals surface area contributed by atoms with Crippen LogP contribution in [0, 0.1) is 5.82 Å². The molecule has 0 unspecified atom stereocenters. The summed E-state index contributed by atoms with van der Waals surface area (Å²) >= 11 is 2.96. The lowest BCUT2D eigenvalue weighted by Crippen LogP contribution is -2.12. The van der Waals surface area contributed by atoms with E-state index in [1.807, 2.05) is 0 Å². The maximum atomic E-state index is 13.4. The smallest absolute Gasteiger partial charge is 0.294 e. The van der Waals surface area contributed by atoms with E-state index >= 15 is 0 Å². The summed E-state index contributed by atoms with van der Waals surface area (Å²) in [6.07, 6.45) is -4.83. The minimum Gasteiger partial charge on any atom is -0.294 e. The van der Waals surface area contributed by atoms with Crippen molar-refractivity contribution in [3.05, 3.63) is 35.1 Å². The van der Waals surface area contributed by atoms with Crippen molar-refractivity contribution < 1.29 is 22.4 Å². The Balaban J connectivity index is 3.19. The maximum absolute atomic E-state index is 13.4. The topological polar surface area (TPSA) is 17.1 Å². The fourth-order valence-corrected chi connectivity index (χ4v) is 1.55. The molecule has 0 radical (unpaired) electrons. The molecule has 1 aromatic rings.